The Labute approximate surface area is 193 Å². The summed E-state index contributed by atoms with van der Waals surface area (Å²) >= 11 is 0. The Hall–Kier alpha value is -3.16. The molecule has 13 heteroatoms. The van der Waals surface area contributed by atoms with Crippen LogP contribution in [0.2, 0.25) is 0 Å². The van der Waals surface area contributed by atoms with Crippen LogP contribution in [0.1, 0.15) is 18.4 Å². The van der Waals surface area contributed by atoms with E-state index in [1.807, 2.05) is 4.90 Å². The molecule has 1 aliphatic rings. The Morgan fingerprint density at radius 2 is 1.74 bits per heavy atom. The number of hydrogen-bond donors (Lipinski definition) is 1. The van der Waals surface area contributed by atoms with E-state index in [2.05, 4.69) is 19.6 Å². The van der Waals surface area contributed by atoms with Crippen molar-refractivity contribution in [3.8, 4) is 22.9 Å². The lowest BCUT2D eigenvalue weighted by Crippen LogP contribution is -2.36. The molecule has 1 saturated heterocycles. The van der Waals surface area contributed by atoms with Gasteiger partial charge in [0, 0.05) is 18.2 Å². The summed E-state index contributed by atoms with van der Waals surface area (Å²) in [4.78, 5) is 6.36. The van der Waals surface area contributed by atoms with Crippen molar-refractivity contribution in [2.45, 2.75) is 29.8 Å². The third kappa shape index (κ3) is 5.48. The molecule has 1 N–H and O–H groups in total. The Morgan fingerprint density at radius 1 is 1.09 bits per heavy atom. The van der Waals surface area contributed by atoms with Crippen molar-refractivity contribution in [1.82, 2.24) is 19.8 Å². The fraction of sp³-hybridized carbons (Fsp3) is 0.333. The Bertz CT molecular complexity index is 1230. The van der Waals surface area contributed by atoms with Gasteiger partial charge in [0.2, 0.25) is 21.7 Å². The number of aromatic nitrogens is 2. The zero-order chi connectivity index (χ0) is 24.5. The monoisotopic (exact) mass is 498 g/mol. The zero-order valence-electron chi connectivity index (χ0n) is 18.1. The summed E-state index contributed by atoms with van der Waals surface area (Å²) in [5, 5.41) is 3.91. The number of alkyl halides is 3. The van der Waals surface area contributed by atoms with Crippen LogP contribution in [-0.4, -0.2) is 56.6 Å². The van der Waals surface area contributed by atoms with E-state index in [4.69, 9.17) is 9.26 Å². The minimum Gasteiger partial charge on any atom is -0.497 e. The maximum atomic E-state index is 12.7. The van der Waals surface area contributed by atoms with E-state index >= 15 is 0 Å². The van der Waals surface area contributed by atoms with Gasteiger partial charge in [-0.2, -0.15) is 4.98 Å². The molecule has 1 aliphatic heterocycles. The molecule has 0 amide bonds. The molecule has 1 fully saturated rings. The highest BCUT2D eigenvalue weighted by Crippen LogP contribution is 2.32. The normalized spacial score (nSPS) is 19.3. The van der Waals surface area contributed by atoms with Crippen molar-refractivity contribution in [3.05, 3.63) is 54.4 Å². The van der Waals surface area contributed by atoms with Crippen molar-refractivity contribution in [2.75, 3.05) is 20.7 Å². The fourth-order valence-electron chi connectivity index (χ4n) is 3.71. The molecule has 9 nitrogen and oxygen atoms in total. The summed E-state index contributed by atoms with van der Waals surface area (Å²) in [6.45, 7) is 0.418. The Morgan fingerprint density at radius 3 is 2.35 bits per heavy atom. The first-order valence-electron chi connectivity index (χ1n) is 10.1. The summed E-state index contributed by atoms with van der Waals surface area (Å²) in [6, 6.07) is 10.4. The van der Waals surface area contributed by atoms with E-state index < -0.39 is 22.4 Å². The molecule has 2 heterocycles. The Balaban J connectivity index is 1.43. The molecule has 0 radical (unpaired) electrons. The number of nitrogens with one attached hydrogen (secondary N) is 1. The van der Waals surface area contributed by atoms with Gasteiger partial charge in [-0.15, -0.1) is 13.2 Å². The first-order chi connectivity index (χ1) is 16.0. The van der Waals surface area contributed by atoms with Crippen molar-refractivity contribution in [2.24, 2.45) is 0 Å². The van der Waals surface area contributed by atoms with E-state index in [1.165, 1.54) is 31.4 Å². The predicted octanol–water partition coefficient (Wildman–Crippen LogP) is 3.37. The lowest BCUT2D eigenvalue weighted by molar-refractivity contribution is -0.274. The number of rotatable bonds is 7. The molecule has 0 aliphatic carbocycles. The number of methoxy groups -OCH3 is 1. The van der Waals surface area contributed by atoms with E-state index in [1.54, 1.807) is 19.2 Å². The third-order valence-corrected chi connectivity index (χ3v) is 6.85. The molecule has 34 heavy (non-hydrogen) atoms. The van der Waals surface area contributed by atoms with E-state index in [0.717, 1.165) is 12.1 Å². The van der Waals surface area contributed by atoms with Crippen molar-refractivity contribution in [1.29, 1.82) is 0 Å². The van der Waals surface area contributed by atoms with Gasteiger partial charge in [-0.1, -0.05) is 5.16 Å². The summed E-state index contributed by atoms with van der Waals surface area (Å²) in [5.74, 6) is 0.667. The summed E-state index contributed by atoms with van der Waals surface area (Å²) in [7, 11) is -0.442. The number of sulfonamides is 1. The van der Waals surface area contributed by atoms with Gasteiger partial charge in [-0.05, 0) is 62.0 Å². The lowest BCUT2D eigenvalue weighted by Gasteiger charge is -2.14. The lowest BCUT2D eigenvalue weighted by atomic mass is 10.2. The number of benzene rings is 2. The van der Waals surface area contributed by atoms with Gasteiger partial charge in [0.15, 0.2) is 0 Å². The number of halogens is 3. The second kappa shape index (κ2) is 9.24. The van der Waals surface area contributed by atoms with Crippen LogP contribution in [0.4, 0.5) is 13.2 Å². The van der Waals surface area contributed by atoms with Gasteiger partial charge in [0.05, 0.1) is 18.0 Å². The van der Waals surface area contributed by atoms with Gasteiger partial charge in [-0.3, -0.25) is 4.90 Å². The zero-order valence-corrected chi connectivity index (χ0v) is 18.9. The second-order valence-electron chi connectivity index (χ2n) is 7.71. The molecule has 3 aromatic rings. The Kier molecular flexibility index (Phi) is 6.51. The number of nitrogens with zero attached hydrogens (tertiary/aromatic N) is 3. The van der Waals surface area contributed by atoms with Crippen molar-refractivity contribution < 1.29 is 35.6 Å². The summed E-state index contributed by atoms with van der Waals surface area (Å²) < 4.78 is 79.4. The van der Waals surface area contributed by atoms with Gasteiger partial charge in [0.25, 0.3) is 0 Å². The fourth-order valence-corrected chi connectivity index (χ4v) is 4.95. The topological polar surface area (TPSA) is 107 Å². The predicted molar refractivity (Wildman–Crippen MR) is 114 cm³/mol. The van der Waals surface area contributed by atoms with E-state index in [-0.39, 0.29) is 28.4 Å². The van der Waals surface area contributed by atoms with Crippen molar-refractivity contribution in [3.63, 3.8) is 0 Å². The maximum Gasteiger partial charge on any atom is 0.573 e. The molecular weight excluding hydrogens is 477 g/mol. The van der Waals surface area contributed by atoms with Crippen LogP contribution in [0.15, 0.2) is 57.9 Å². The molecule has 4 rings (SSSR count). The number of likely N-dealkylation sites (N-methyl/N-ethyl adjacent to an activating group) is 1. The molecule has 0 saturated carbocycles. The minimum atomic E-state index is -4.78. The summed E-state index contributed by atoms with van der Waals surface area (Å²) in [6.07, 6.45) is -4.38. The quantitative estimate of drug-likeness (QED) is 0.529. The summed E-state index contributed by atoms with van der Waals surface area (Å²) in [5.41, 5.74) is 0.446. The highest BCUT2D eigenvalue weighted by Gasteiger charge is 2.37. The van der Waals surface area contributed by atoms with Crippen LogP contribution in [-0.2, 0) is 10.0 Å². The van der Waals surface area contributed by atoms with Crippen LogP contribution in [0.5, 0.6) is 11.5 Å². The number of ether oxygens (including phenoxy) is 2. The molecule has 0 bridgehead atoms. The number of likely N-dealkylation sites (tertiary alicyclic amines) is 1. The molecular formula is C21H21F3N4O5S. The van der Waals surface area contributed by atoms with Gasteiger partial charge < -0.3 is 14.0 Å². The van der Waals surface area contributed by atoms with Crippen LogP contribution < -0.4 is 14.2 Å². The average molecular weight is 498 g/mol. The largest absolute Gasteiger partial charge is 0.573 e. The maximum absolute atomic E-state index is 12.7. The highest BCUT2D eigenvalue weighted by atomic mass is 32.2. The molecule has 1 aromatic heterocycles. The number of hydrogen-bond acceptors (Lipinski definition) is 8. The van der Waals surface area contributed by atoms with Crippen molar-refractivity contribution >= 4 is 10.0 Å². The van der Waals surface area contributed by atoms with Crippen LogP contribution >= 0.6 is 0 Å². The molecule has 182 valence electrons. The van der Waals surface area contributed by atoms with E-state index in [9.17, 15) is 21.6 Å². The van der Waals surface area contributed by atoms with Crippen LogP contribution in [0.25, 0.3) is 11.4 Å². The third-order valence-electron chi connectivity index (χ3n) is 5.31. The SMILES string of the molecule is COc1ccc(S(=O)(=O)NC2CC(c3nc(-c4ccc(OC(F)(F)F)cc4)no3)N(C)C2)cc1. The van der Waals surface area contributed by atoms with Crippen LogP contribution in [0, 0.1) is 0 Å². The minimum absolute atomic E-state index is 0.123. The molecule has 2 unspecified atom stereocenters. The van der Waals surface area contributed by atoms with Gasteiger partial charge in [0.1, 0.15) is 11.5 Å². The average Bonchev–Trinajstić information content (AvgIpc) is 3.39. The van der Waals surface area contributed by atoms with E-state index in [0.29, 0.717) is 24.3 Å². The molecule has 0 spiro atoms. The first-order valence-corrected chi connectivity index (χ1v) is 11.6. The van der Waals surface area contributed by atoms with Gasteiger partial charge in [-0.25, -0.2) is 13.1 Å². The van der Waals surface area contributed by atoms with Crippen LogP contribution in [0.3, 0.4) is 0 Å². The standard InChI is InChI=1S/C21H21F3N4O5S/c1-28-12-14(27-34(29,30)17-9-7-15(31-2)8-10-17)11-18(28)20-25-19(26-33-20)13-3-5-16(6-4-13)32-21(22,23)24/h3-10,14,18,27H,11-12H2,1-2H3. The second-order valence-corrected chi connectivity index (χ2v) is 9.43. The molecule has 2 atom stereocenters. The highest BCUT2D eigenvalue weighted by molar-refractivity contribution is 7.89. The first kappa shape index (κ1) is 24.0. The molecule has 2 aromatic carbocycles. The van der Waals surface area contributed by atoms with Gasteiger partial charge >= 0.3 is 6.36 Å². The smallest absolute Gasteiger partial charge is 0.497 e.